The minimum absolute atomic E-state index is 0.160. The van der Waals surface area contributed by atoms with Crippen LogP contribution in [0.5, 0.6) is 0 Å². The smallest absolute Gasteiger partial charge is 0.299 e. The lowest BCUT2D eigenvalue weighted by molar-refractivity contribution is 0.299. The van der Waals surface area contributed by atoms with Crippen LogP contribution in [-0.4, -0.2) is 16.7 Å². The zero-order valence-electron chi connectivity index (χ0n) is 11.5. The van der Waals surface area contributed by atoms with Gasteiger partial charge in [-0.2, -0.15) is 0 Å². The highest BCUT2D eigenvalue weighted by molar-refractivity contribution is 5.59. The van der Waals surface area contributed by atoms with Crippen LogP contribution in [0.3, 0.4) is 0 Å². The molecule has 2 N–H and O–H groups in total. The zero-order valence-corrected chi connectivity index (χ0v) is 11.5. The lowest BCUT2D eigenvalue weighted by Gasteiger charge is -2.03. The molecule has 0 saturated heterocycles. The number of nitrogens with zero attached hydrogens (tertiary/aromatic N) is 1. The molecule has 0 fully saturated rings. The first-order valence-electron chi connectivity index (χ1n) is 6.83. The van der Waals surface area contributed by atoms with E-state index in [9.17, 15) is 0 Å². The van der Waals surface area contributed by atoms with Crippen LogP contribution in [0.4, 0.5) is 11.7 Å². The highest BCUT2D eigenvalue weighted by Gasteiger charge is 2.06. The predicted octanol–water partition coefficient (Wildman–Crippen LogP) is 3.62. The highest BCUT2D eigenvalue weighted by atomic mass is 16.4. The van der Waals surface area contributed by atoms with Gasteiger partial charge >= 0.3 is 0 Å². The Labute approximate surface area is 123 Å². The molecule has 3 rings (SSSR count). The van der Waals surface area contributed by atoms with E-state index in [0.29, 0.717) is 12.4 Å². The summed E-state index contributed by atoms with van der Waals surface area (Å²) in [5.74, 6) is 0.731. The first kappa shape index (κ1) is 13.4. The maximum atomic E-state index is 8.89. The number of nitrogens with one attached hydrogen (secondary N) is 1. The Balaban J connectivity index is 1.72. The normalized spacial score (nSPS) is 10.5. The first-order chi connectivity index (χ1) is 10.3. The van der Waals surface area contributed by atoms with Crippen LogP contribution in [0.15, 0.2) is 65.2 Å². The Morgan fingerprint density at radius 1 is 1.00 bits per heavy atom. The van der Waals surface area contributed by atoms with Gasteiger partial charge in [0.15, 0.2) is 5.76 Å². The van der Waals surface area contributed by atoms with E-state index in [1.807, 2.05) is 54.6 Å². The molecule has 1 aromatic heterocycles. The maximum Gasteiger partial charge on any atom is 0.299 e. The molecule has 0 spiro atoms. The second-order valence-corrected chi connectivity index (χ2v) is 4.69. The van der Waals surface area contributed by atoms with E-state index >= 15 is 0 Å². The fourth-order valence-corrected chi connectivity index (χ4v) is 2.08. The van der Waals surface area contributed by atoms with Crippen molar-refractivity contribution in [3.8, 4) is 11.3 Å². The quantitative estimate of drug-likeness (QED) is 0.749. The van der Waals surface area contributed by atoms with Crippen LogP contribution < -0.4 is 5.32 Å². The van der Waals surface area contributed by atoms with E-state index in [1.165, 1.54) is 0 Å². The average Bonchev–Trinajstić information content (AvgIpc) is 2.99. The van der Waals surface area contributed by atoms with Crippen molar-refractivity contribution in [2.45, 2.75) is 6.42 Å². The number of anilines is 2. The molecule has 4 nitrogen and oxygen atoms in total. The minimum atomic E-state index is 0.160. The van der Waals surface area contributed by atoms with Gasteiger partial charge in [-0.15, -0.1) is 0 Å². The van der Waals surface area contributed by atoms with Crippen molar-refractivity contribution in [3.63, 3.8) is 0 Å². The third kappa shape index (κ3) is 3.30. The molecule has 0 aliphatic heterocycles. The van der Waals surface area contributed by atoms with Crippen LogP contribution in [0.2, 0.25) is 0 Å². The van der Waals surface area contributed by atoms with E-state index in [4.69, 9.17) is 9.52 Å². The molecule has 4 heteroatoms. The second kappa shape index (κ2) is 6.24. The SMILES string of the molecule is OCCc1ccc(Nc2ncc(-c3ccccc3)o2)cc1. The number of hydrogen-bond acceptors (Lipinski definition) is 4. The second-order valence-electron chi connectivity index (χ2n) is 4.69. The van der Waals surface area contributed by atoms with Gasteiger partial charge in [0.2, 0.25) is 0 Å². The van der Waals surface area contributed by atoms with Gasteiger partial charge < -0.3 is 14.8 Å². The van der Waals surface area contributed by atoms with Crippen molar-refractivity contribution in [3.05, 3.63) is 66.4 Å². The molecular weight excluding hydrogens is 264 g/mol. The van der Waals surface area contributed by atoms with Crippen LogP contribution in [0, 0.1) is 0 Å². The fourth-order valence-electron chi connectivity index (χ4n) is 2.08. The summed E-state index contributed by atoms with van der Waals surface area (Å²) < 4.78 is 5.69. The third-order valence-electron chi connectivity index (χ3n) is 3.17. The summed E-state index contributed by atoms with van der Waals surface area (Å²) in [6.07, 6.45) is 2.37. The summed E-state index contributed by atoms with van der Waals surface area (Å²) in [6, 6.07) is 18.1. The van der Waals surface area contributed by atoms with Crippen LogP contribution in [-0.2, 0) is 6.42 Å². The number of oxazole rings is 1. The van der Waals surface area contributed by atoms with E-state index < -0.39 is 0 Å². The van der Waals surface area contributed by atoms with Gasteiger partial charge in [-0.05, 0) is 24.1 Å². The summed E-state index contributed by atoms with van der Waals surface area (Å²) >= 11 is 0. The summed E-state index contributed by atoms with van der Waals surface area (Å²) in [4.78, 5) is 4.23. The Morgan fingerprint density at radius 2 is 1.76 bits per heavy atom. The van der Waals surface area contributed by atoms with Gasteiger partial charge in [-0.1, -0.05) is 42.5 Å². The molecule has 3 aromatic rings. The average molecular weight is 280 g/mol. The van der Waals surface area contributed by atoms with Crippen molar-refractivity contribution < 1.29 is 9.52 Å². The number of aliphatic hydroxyl groups is 1. The van der Waals surface area contributed by atoms with Crippen molar-refractivity contribution in [2.24, 2.45) is 0 Å². The van der Waals surface area contributed by atoms with Gasteiger partial charge in [-0.3, -0.25) is 0 Å². The zero-order chi connectivity index (χ0) is 14.5. The Morgan fingerprint density at radius 3 is 2.48 bits per heavy atom. The number of rotatable bonds is 5. The molecule has 0 aliphatic carbocycles. The van der Waals surface area contributed by atoms with Gasteiger partial charge in [0, 0.05) is 17.9 Å². The fraction of sp³-hybridized carbons (Fsp3) is 0.118. The molecule has 2 aromatic carbocycles. The van der Waals surface area contributed by atoms with Crippen molar-refractivity contribution in [1.29, 1.82) is 0 Å². The van der Waals surface area contributed by atoms with Gasteiger partial charge in [-0.25, -0.2) is 4.98 Å². The molecule has 106 valence electrons. The molecule has 21 heavy (non-hydrogen) atoms. The molecule has 1 heterocycles. The van der Waals surface area contributed by atoms with Crippen molar-refractivity contribution in [1.82, 2.24) is 4.98 Å². The van der Waals surface area contributed by atoms with Crippen molar-refractivity contribution >= 4 is 11.7 Å². The molecule has 0 bridgehead atoms. The molecule has 0 aliphatic rings. The van der Waals surface area contributed by atoms with Crippen LogP contribution in [0.1, 0.15) is 5.56 Å². The molecule has 0 saturated carbocycles. The minimum Gasteiger partial charge on any atom is -0.423 e. The molecular formula is C17H16N2O2. The van der Waals surface area contributed by atoms with Crippen molar-refractivity contribution in [2.75, 3.05) is 11.9 Å². The Hall–Kier alpha value is -2.59. The lowest BCUT2D eigenvalue weighted by atomic mass is 10.1. The summed E-state index contributed by atoms with van der Waals surface area (Å²) in [7, 11) is 0. The largest absolute Gasteiger partial charge is 0.423 e. The topological polar surface area (TPSA) is 58.3 Å². The van der Waals surface area contributed by atoms with E-state index in [1.54, 1.807) is 6.20 Å². The molecule has 0 unspecified atom stereocenters. The number of aromatic nitrogens is 1. The number of hydrogen-bond donors (Lipinski definition) is 2. The summed E-state index contributed by atoms with van der Waals surface area (Å²) in [5.41, 5.74) is 3.00. The molecule has 0 amide bonds. The Kier molecular flexibility index (Phi) is 3.98. The lowest BCUT2D eigenvalue weighted by Crippen LogP contribution is -1.93. The van der Waals surface area contributed by atoms with Gasteiger partial charge in [0.1, 0.15) is 0 Å². The Bertz CT molecular complexity index is 690. The molecule has 0 atom stereocenters. The van der Waals surface area contributed by atoms with Gasteiger partial charge in [0.25, 0.3) is 6.01 Å². The van der Waals surface area contributed by atoms with Gasteiger partial charge in [0.05, 0.1) is 6.20 Å². The molecule has 0 radical (unpaired) electrons. The summed E-state index contributed by atoms with van der Waals surface area (Å²) in [5, 5.41) is 12.0. The monoisotopic (exact) mass is 280 g/mol. The highest BCUT2D eigenvalue weighted by Crippen LogP contribution is 2.24. The first-order valence-corrected chi connectivity index (χ1v) is 6.83. The third-order valence-corrected chi connectivity index (χ3v) is 3.17. The van der Waals surface area contributed by atoms with Crippen LogP contribution >= 0.6 is 0 Å². The maximum absolute atomic E-state index is 8.89. The van der Waals surface area contributed by atoms with E-state index in [2.05, 4.69) is 10.3 Å². The van der Waals surface area contributed by atoms with E-state index in [-0.39, 0.29) is 6.61 Å². The standard InChI is InChI=1S/C17H16N2O2/c20-11-10-13-6-8-15(9-7-13)19-17-18-12-16(21-17)14-4-2-1-3-5-14/h1-9,12,20H,10-11H2,(H,18,19). The number of aliphatic hydroxyl groups excluding tert-OH is 1. The van der Waals surface area contributed by atoms with E-state index in [0.717, 1.165) is 22.6 Å². The van der Waals surface area contributed by atoms with Crippen LogP contribution in [0.25, 0.3) is 11.3 Å². The predicted molar refractivity (Wildman–Crippen MR) is 82.5 cm³/mol. The summed E-state index contributed by atoms with van der Waals surface area (Å²) in [6.45, 7) is 0.160. The number of benzene rings is 2.